The molecule has 0 atom stereocenters. The summed E-state index contributed by atoms with van der Waals surface area (Å²) in [5.41, 5.74) is 0.979. The molecule has 1 amide bonds. The second kappa shape index (κ2) is 5.26. The van der Waals surface area contributed by atoms with Gasteiger partial charge < -0.3 is 10.3 Å². The van der Waals surface area contributed by atoms with Crippen molar-refractivity contribution >= 4 is 33.8 Å². The number of benzene rings is 1. The van der Waals surface area contributed by atoms with Crippen LogP contribution in [0, 0.1) is 0 Å². The maximum Gasteiger partial charge on any atom is 0.258 e. The minimum Gasteiger partial charge on any atom is -0.326 e. The van der Waals surface area contributed by atoms with Crippen molar-refractivity contribution in [1.29, 1.82) is 0 Å². The average Bonchev–Trinajstić information content (AvgIpc) is 2.92. The fraction of sp³-hybridized carbons (Fsp3) is 0.0714. The lowest BCUT2D eigenvalue weighted by Gasteiger charge is -2.05. The van der Waals surface area contributed by atoms with Crippen LogP contribution in [0.15, 0.2) is 46.8 Å². The summed E-state index contributed by atoms with van der Waals surface area (Å²) in [6.45, 7) is 0. The Labute approximate surface area is 118 Å². The van der Waals surface area contributed by atoms with Crippen LogP contribution in [0.3, 0.4) is 0 Å². The lowest BCUT2D eigenvalue weighted by atomic mass is 10.2. The first-order valence-electron chi connectivity index (χ1n) is 6.02. The van der Waals surface area contributed by atoms with Gasteiger partial charge in [-0.05, 0) is 29.6 Å². The zero-order valence-electron chi connectivity index (χ0n) is 10.4. The van der Waals surface area contributed by atoms with E-state index in [-0.39, 0.29) is 11.5 Å². The Morgan fingerprint density at radius 2 is 2.25 bits per heavy atom. The number of aromatic nitrogens is 2. The summed E-state index contributed by atoms with van der Waals surface area (Å²) in [6, 6.07) is 8.91. The van der Waals surface area contributed by atoms with Gasteiger partial charge in [-0.3, -0.25) is 9.59 Å². The molecule has 0 aliphatic heterocycles. The fourth-order valence-corrected chi connectivity index (χ4v) is 2.63. The molecule has 2 heterocycles. The molecule has 2 aromatic heterocycles. The van der Waals surface area contributed by atoms with E-state index in [2.05, 4.69) is 15.3 Å². The number of H-pyrrole nitrogens is 1. The molecule has 1 aromatic carbocycles. The van der Waals surface area contributed by atoms with Gasteiger partial charge in [-0.2, -0.15) is 0 Å². The Balaban J connectivity index is 1.82. The third-order valence-corrected chi connectivity index (χ3v) is 3.72. The first-order chi connectivity index (χ1) is 9.72. The van der Waals surface area contributed by atoms with Crippen molar-refractivity contribution in [3.63, 3.8) is 0 Å². The van der Waals surface area contributed by atoms with Crippen molar-refractivity contribution in [3.05, 3.63) is 57.3 Å². The highest BCUT2D eigenvalue weighted by atomic mass is 32.1. The van der Waals surface area contributed by atoms with E-state index in [0.29, 0.717) is 23.0 Å². The number of hydrogen-bond donors (Lipinski definition) is 2. The molecule has 0 saturated heterocycles. The van der Waals surface area contributed by atoms with E-state index in [9.17, 15) is 9.59 Å². The molecule has 6 heteroatoms. The molecule has 0 aliphatic rings. The second-order valence-electron chi connectivity index (χ2n) is 4.27. The Morgan fingerprint density at radius 3 is 3.05 bits per heavy atom. The van der Waals surface area contributed by atoms with E-state index >= 15 is 0 Å². The number of hydrogen-bond acceptors (Lipinski definition) is 4. The van der Waals surface area contributed by atoms with Gasteiger partial charge in [0.2, 0.25) is 5.91 Å². The maximum atomic E-state index is 11.9. The van der Waals surface area contributed by atoms with E-state index in [1.54, 1.807) is 29.5 Å². The van der Waals surface area contributed by atoms with Crippen LogP contribution in [-0.2, 0) is 11.2 Å². The molecule has 0 saturated carbocycles. The minimum atomic E-state index is -0.218. The molecule has 0 unspecified atom stereocenters. The summed E-state index contributed by atoms with van der Waals surface area (Å²) < 4.78 is 0. The molecular formula is C14H11N3O2S. The van der Waals surface area contributed by atoms with Crippen LogP contribution in [0.1, 0.15) is 4.88 Å². The second-order valence-corrected chi connectivity index (χ2v) is 5.30. The lowest BCUT2D eigenvalue weighted by Crippen LogP contribution is -2.14. The summed E-state index contributed by atoms with van der Waals surface area (Å²) in [4.78, 5) is 31.1. The standard InChI is InChI=1S/C14H11N3O2S/c18-13(7-10-2-1-5-20-10)17-9-3-4-12-11(6-9)14(19)16-8-15-12/h1-6,8H,7H2,(H,17,18)(H,15,16,19). The number of anilines is 1. The largest absolute Gasteiger partial charge is 0.326 e. The van der Waals surface area contributed by atoms with Gasteiger partial charge in [-0.25, -0.2) is 4.98 Å². The Morgan fingerprint density at radius 1 is 1.35 bits per heavy atom. The van der Waals surface area contributed by atoms with Crippen molar-refractivity contribution < 1.29 is 4.79 Å². The molecular weight excluding hydrogens is 274 g/mol. The van der Waals surface area contributed by atoms with E-state index < -0.39 is 0 Å². The monoisotopic (exact) mass is 285 g/mol. The molecule has 2 N–H and O–H groups in total. The predicted molar refractivity (Wildman–Crippen MR) is 79.0 cm³/mol. The van der Waals surface area contributed by atoms with Gasteiger partial charge in [0.05, 0.1) is 23.7 Å². The number of thiophene rings is 1. The molecule has 0 radical (unpaired) electrons. The van der Waals surface area contributed by atoms with E-state index in [1.807, 2.05) is 17.5 Å². The number of rotatable bonds is 3. The Kier molecular flexibility index (Phi) is 3.30. The zero-order valence-corrected chi connectivity index (χ0v) is 11.2. The first-order valence-corrected chi connectivity index (χ1v) is 6.90. The number of carbonyl (C=O) groups is 1. The summed E-state index contributed by atoms with van der Waals surface area (Å²) in [5, 5.41) is 5.18. The SMILES string of the molecule is O=C(Cc1cccs1)Nc1ccc2nc[nH]c(=O)c2c1. The van der Waals surface area contributed by atoms with Gasteiger partial charge in [-0.1, -0.05) is 6.07 Å². The molecule has 3 rings (SSSR count). The topological polar surface area (TPSA) is 74.8 Å². The normalized spacial score (nSPS) is 10.6. The van der Waals surface area contributed by atoms with Gasteiger partial charge in [0.15, 0.2) is 0 Å². The Bertz CT molecular complexity index is 809. The lowest BCUT2D eigenvalue weighted by molar-refractivity contribution is -0.115. The number of aromatic amines is 1. The molecule has 0 fully saturated rings. The van der Waals surface area contributed by atoms with Gasteiger partial charge in [0, 0.05) is 10.6 Å². The molecule has 100 valence electrons. The Hall–Kier alpha value is -2.47. The molecule has 0 spiro atoms. The van der Waals surface area contributed by atoms with Crippen molar-refractivity contribution in [2.75, 3.05) is 5.32 Å². The highest BCUT2D eigenvalue weighted by Crippen LogP contribution is 2.15. The number of carbonyl (C=O) groups excluding carboxylic acids is 1. The van der Waals surface area contributed by atoms with Gasteiger partial charge >= 0.3 is 0 Å². The summed E-state index contributed by atoms with van der Waals surface area (Å²) >= 11 is 1.54. The van der Waals surface area contributed by atoms with Gasteiger partial charge in [0.1, 0.15) is 0 Å². The molecule has 0 aliphatic carbocycles. The van der Waals surface area contributed by atoms with Gasteiger partial charge in [-0.15, -0.1) is 11.3 Å². The summed E-state index contributed by atoms with van der Waals surface area (Å²) in [5.74, 6) is -0.105. The van der Waals surface area contributed by atoms with Crippen LogP contribution >= 0.6 is 11.3 Å². The molecule has 5 nitrogen and oxygen atoms in total. The van der Waals surface area contributed by atoms with Gasteiger partial charge in [0.25, 0.3) is 5.56 Å². The van der Waals surface area contributed by atoms with Crippen molar-refractivity contribution in [2.24, 2.45) is 0 Å². The third-order valence-electron chi connectivity index (χ3n) is 2.84. The molecule has 20 heavy (non-hydrogen) atoms. The molecule has 0 bridgehead atoms. The fourth-order valence-electron chi connectivity index (χ4n) is 1.92. The van der Waals surface area contributed by atoms with E-state index in [0.717, 1.165) is 4.88 Å². The number of amides is 1. The average molecular weight is 285 g/mol. The van der Waals surface area contributed by atoms with Crippen LogP contribution in [0.25, 0.3) is 10.9 Å². The predicted octanol–water partition coefficient (Wildman–Crippen LogP) is 2.17. The highest BCUT2D eigenvalue weighted by Gasteiger charge is 2.06. The van der Waals surface area contributed by atoms with Crippen molar-refractivity contribution in [3.8, 4) is 0 Å². The van der Waals surface area contributed by atoms with Crippen LogP contribution in [0.4, 0.5) is 5.69 Å². The third kappa shape index (κ3) is 2.60. The zero-order chi connectivity index (χ0) is 13.9. The minimum absolute atomic E-state index is 0.105. The summed E-state index contributed by atoms with van der Waals surface area (Å²) in [7, 11) is 0. The van der Waals surface area contributed by atoms with Crippen LogP contribution < -0.4 is 10.9 Å². The van der Waals surface area contributed by atoms with Crippen LogP contribution in [0.2, 0.25) is 0 Å². The molecule has 3 aromatic rings. The van der Waals surface area contributed by atoms with E-state index in [1.165, 1.54) is 6.33 Å². The quantitative estimate of drug-likeness (QED) is 0.774. The highest BCUT2D eigenvalue weighted by molar-refractivity contribution is 7.10. The summed E-state index contributed by atoms with van der Waals surface area (Å²) in [6.07, 6.45) is 1.69. The smallest absolute Gasteiger partial charge is 0.258 e. The number of nitrogens with one attached hydrogen (secondary N) is 2. The van der Waals surface area contributed by atoms with E-state index in [4.69, 9.17) is 0 Å². The van der Waals surface area contributed by atoms with Crippen LogP contribution in [0.5, 0.6) is 0 Å². The van der Waals surface area contributed by atoms with Crippen molar-refractivity contribution in [1.82, 2.24) is 9.97 Å². The first kappa shape index (κ1) is 12.6. The van der Waals surface area contributed by atoms with Crippen molar-refractivity contribution in [2.45, 2.75) is 6.42 Å². The number of fused-ring (bicyclic) bond motifs is 1. The van der Waals surface area contributed by atoms with Crippen LogP contribution in [-0.4, -0.2) is 15.9 Å². The number of nitrogens with zero attached hydrogens (tertiary/aromatic N) is 1. The maximum absolute atomic E-state index is 11.9.